The lowest BCUT2D eigenvalue weighted by Crippen LogP contribution is -2.57. The van der Waals surface area contributed by atoms with Crippen molar-refractivity contribution in [2.24, 2.45) is 5.41 Å². The Morgan fingerprint density at radius 1 is 0.917 bits per heavy atom. The Labute approximate surface area is 418 Å². The molecular weight excluding hydrogens is 957 g/mol. The second-order valence-electron chi connectivity index (χ2n) is 19.6. The van der Waals surface area contributed by atoms with Gasteiger partial charge in [0.25, 0.3) is 5.91 Å². The molecule has 3 aromatic carbocycles. The number of anilines is 2. The summed E-state index contributed by atoms with van der Waals surface area (Å²) in [7, 11) is 1.97. The normalized spacial score (nSPS) is 18.9. The highest BCUT2D eigenvalue weighted by atomic mass is 32.1. The summed E-state index contributed by atoms with van der Waals surface area (Å²) in [6.07, 6.45) is -6.03. The van der Waals surface area contributed by atoms with Crippen LogP contribution in [0.3, 0.4) is 0 Å². The van der Waals surface area contributed by atoms with E-state index in [2.05, 4.69) is 30.8 Å². The Morgan fingerprint density at radius 3 is 2.22 bits per heavy atom. The molecule has 15 nitrogen and oxygen atoms in total. The molecule has 0 unspecified atom stereocenters. The summed E-state index contributed by atoms with van der Waals surface area (Å²) in [6.45, 7) is 12.2. The van der Waals surface area contributed by atoms with E-state index >= 15 is 4.39 Å². The fourth-order valence-corrected chi connectivity index (χ4v) is 9.88. The van der Waals surface area contributed by atoms with Crippen LogP contribution in [0.25, 0.3) is 21.6 Å². The first-order valence-electron chi connectivity index (χ1n) is 23.5. The summed E-state index contributed by atoms with van der Waals surface area (Å²) in [5, 5.41) is 18.8. The van der Waals surface area contributed by atoms with Crippen LogP contribution in [0, 0.1) is 18.2 Å². The van der Waals surface area contributed by atoms with Crippen LogP contribution in [-0.2, 0) is 27.1 Å². The number of hydrogen-bond donors (Lipinski definition) is 5. The number of aliphatic hydroxyl groups excluding tert-OH is 1. The summed E-state index contributed by atoms with van der Waals surface area (Å²) < 4.78 is 58.0. The second-order valence-corrected chi connectivity index (χ2v) is 20.5. The number of β-amino-alcohol motifs (C(OH)–C–C–N with tert-alkyl or cyclic N) is 1. The lowest BCUT2D eigenvalue weighted by Gasteiger charge is -2.44. The highest BCUT2D eigenvalue weighted by molar-refractivity contribution is 7.13. The van der Waals surface area contributed by atoms with E-state index in [1.807, 2.05) is 57.0 Å². The lowest BCUT2D eigenvalue weighted by atomic mass is 9.85. The molecule has 0 spiro atoms. The second kappa shape index (κ2) is 21.5. The largest absolute Gasteiger partial charge is 0.417 e. The first-order valence-corrected chi connectivity index (χ1v) is 24.4. The summed E-state index contributed by atoms with van der Waals surface area (Å²) in [5.41, 5.74) is 1.11. The highest BCUT2D eigenvalue weighted by Crippen LogP contribution is 2.37. The van der Waals surface area contributed by atoms with Gasteiger partial charge in [0.05, 0.1) is 44.7 Å². The molecule has 2 aliphatic rings. The number of carbonyl (C=O) groups is 5. The molecule has 0 radical (unpaired) electrons. The molecule has 382 valence electrons. The number of pyridine rings is 1. The molecule has 0 aliphatic carbocycles. The fraction of sp³-hybridized carbons (Fsp3) is 0.404. The molecule has 72 heavy (non-hydrogen) atoms. The number of Topliss-reactive ketones (excluding diaryl/α,β-unsaturated/α-hetero) is 1. The number of halogens is 4. The molecule has 4 amide bonds. The van der Waals surface area contributed by atoms with Gasteiger partial charge in [-0.1, -0.05) is 63.2 Å². The van der Waals surface area contributed by atoms with Crippen molar-refractivity contribution in [3.05, 3.63) is 123 Å². The average molecular weight is 1020 g/mol. The topological polar surface area (TPSA) is 197 Å². The average Bonchev–Trinajstić information content (AvgIpc) is 3.94. The van der Waals surface area contributed by atoms with E-state index < -0.39 is 81.7 Å². The number of aliphatic hydroxyl groups is 1. The Hall–Kier alpha value is -6.77. The van der Waals surface area contributed by atoms with Crippen LogP contribution in [0.5, 0.6) is 0 Å². The van der Waals surface area contributed by atoms with Gasteiger partial charge in [-0.05, 0) is 68.1 Å². The van der Waals surface area contributed by atoms with Crippen molar-refractivity contribution in [2.75, 3.05) is 36.9 Å². The zero-order valence-corrected chi connectivity index (χ0v) is 41.8. The monoisotopic (exact) mass is 1010 g/mol. The van der Waals surface area contributed by atoms with Gasteiger partial charge in [-0.15, -0.1) is 11.3 Å². The van der Waals surface area contributed by atoms with E-state index in [0.29, 0.717) is 31.0 Å². The van der Waals surface area contributed by atoms with E-state index in [9.17, 15) is 47.0 Å². The predicted octanol–water partition coefficient (Wildman–Crippen LogP) is 7.18. The van der Waals surface area contributed by atoms with Gasteiger partial charge in [0, 0.05) is 80.9 Å². The molecular formula is C52H58F4N8O7S. The first kappa shape index (κ1) is 53.0. The summed E-state index contributed by atoms with van der Waals surface area (Å²) in [6, 6.07) is 14.3. The van der Waals surface area contributed by atoms with Crippen LogP contribution < -0.4 is 26.4 Å². The Balaban J connectivity index is 1.02. The SMILES string of the molecule is Cc1ncsc1-c1ccc(CNC(=O)[C@@H]2C[C@@H](O)CN2C(=O)[C@@H](NC(=O)CCC(=O)c2ccc(-c3ccc(N4C[C@@H](C)N(C)[C@@H](C)C4)c(NC(=O)c4c[nH]c(=O)cc4C(F)(F)F)c3)c(F)c2)C(C)(C)C)cc1. The third-order valence-corrected chi connectivity index (χ3v) is 14.3. The minimum atomic E-state index is -5.02. The van der Waals surface area contributed by atoms with E-state index in [-0.39, 0.29) is 66.8 Å². The molecule has 5 atom stereocenters. The molecule has 0 bridgehead atoms. The van der Waals surface area contributed by atoms with Gasteiger partial charge in [-0.3, -0.25) is 33.7 Å². The van der Waals surface area contributed by atoms with Crippen molar-refractivity contribution in [3.8, 4) is 21.6 Å². The number of hydrogen-bond acceptors (Lipinski definition) is 11. The van der Waals surface area contributed by atoms with Gasteiger partial charge in [0.1, 0.15) is 17.9 Å². The van der Waals surface area contributed by atoms with E-state index in [1.54, 1.807) is 38.4 Å². The zero-order chi connectivity index (χ0) is 52.4. The van der Waals surface area contributed by atoms with Crippen molar-refractivity contribution in [1.29, 1.82) is 0 Å². The number of H-pyrrole nitrogens is 1. The molecule has 2 aromatic heterocycles. The van der Waals surface area contributed by atoms with Crippen molar-refractivity contribution in [2.45, 2.75) is 104 Å². The van der Waals surface area contributed by atoms with Gasteiger partial charge in [0.2, 0.25) is 23.3 Å². The number of carbonyl (C=O) groups excluding carboxylic acids is 5. The number of nitrogens with one attached hydrogen (secondary N) is 4. The summed E-state index contributed by atoms with van der Waals surface area (Å²) in [5.74, 6) is -4.25. The minimum absolute atomic E-state index is 0.00148. The molecule has 5 N–H and O–H groups in total. The van der Waals surface area contributed by atoms with Crippen LogP contribution in [0.4, 0.5) is 28.9 Å². The van der Waals surface area contributed by atoms with Crippen molar-refractivity contribution < 1.29 is 46.6 Å². The molecule has 0 saturated carbocycles. The standard InChI is InChI=1S/C52H58F4N8O7S/c1-28-24-63(25-29(2)62(28)7)41-15-13-33(19-40(41)60-48(69)37-23-57-45(68)21-38(37)52(54,55)56)36-14-12-34(18-39(36)53)43(66)16-17-44(67)61-47(51(4,5)6)50(71)64-26-35(65)20-42(64)49(70)58-22-31-8-10-32(11-9-31)46-30(3)59-27-72-46/h8-15,18-19,21,23,27-29,35,42,47,65H,16-17,20,22,24-26H2,1-7H3,(H,57,68)(H,58,70)(H,60,69)(H,61,67)/t28-,29+,35-,42+,47-/m1/s1. The van der Waals surface area contributed by atoms with Gasteiger partial charge >= 0.3 is 6.18 Å². The molecule has 4 heterocycles. The fourth-order valence-electron chi connectivity index (χ4n) is 9.07. The zero-order valence-electron chi connectivity index (χ0n) is 40.9. The number of rotatable bonds is 14. The van der Waals surface area contributed by atoms with Crippen LogP contribution in [0.1, 0.15) is 91.4 Å². The molecule has 2 saturated heterocycles. The molecule has 2 aliphatic heterocycles. The Kier molecular flexibility index (Phi) is 15.9. The van der Waals surface area contributed by atoms with Crippen LogP contribution in [-0.4, -0.2) is 111 Å². The first-order chi connectivity index (χ1) is 33.9. The van der Waals surface area contributed by atoms with Gasteiger partial charge in [0.15, 0.2) is 5.78 Å². The number of aromatic nitrogens is 2. The number of aryl methyl sites for hydroxylation is 1. The van der Waals surface area contributed by atoms with Gasteiger partial charge in [-0.25, -0.2) is 9.37 Å². The third kappa shape index (κ3) is 12.1. The van der Waals surface area contributed by atoms with Crippen molar-refractivity contribution in [1.82, 2.24) is 30.4 Å². The maximum absolute atomic E-state index is 16.1. The van der Waals surface area contributed by atoms with Crippen molar-refractivity contribution in [3.63, 3.8) is 0 Å². The van der Waals surface area contributed by atoms with E-state index in [1.165, 1.54) is 34.4 Å². The summed E-state index contributed by atoms with van der Waals surface area (Å²) in [4.78, 5) is 92.8. The van der Waals surface area contributed by atoms with Crippen LogP contribution in [0.2, 0.25) is 0 Å². The molecule has 20 heteroatoms. The number of amides is 4. The number of benzene rings is 3. The minimum Gasteiger partial charge on any atom is -0.391 e. The van der Waals surface area contributed by atoms with Crippen molar-refractivity contribution >= 4 is 52.1 Å². The number of ketones is 1. The third-order valence-electron chi connectivity index (χ3n) is 13.3. The Bertz CT molecular complexity index is 2910. The lowest BCUT2D eigenvalue weighted by molar-refractivity contribution is -0.144. The summed E-state index contributed by atoms with van der Waals surface area (Å²) >= 11 is 1.53. The maximum Gasteiger partial charge on any atom is 0.417 e. The maximum atomic E-state index is 16.1. The van der Waals surface area contributed by atoms with Gasteiger partial charge < -0.3 is 35.8 Å². The van der Waals surface area contributed by atoms with E-state index in [0.717, 1.165) is 27.8 Å². The number of nitrogens with zero attached hydrogens (tertiary/aromatic N) is 4. The number of aromatic amines is 1. The molecule has 5 aromatic rings. The quantitative estimate of drug-likeness (QED) is 0.0561. The molecule has 7 rings (SSSR count). The number of likely N-dealkylation sites (N-methyl/N-ethyl adjacent to an activating group) is 1. The highest BCUT2D eigenvalue weighted by Gasteiger charge is 2.44. The smallest absolute Gasteiger partial charge is 0.391 e. The number of piperazine rings is 1. The Morgan fingerprint density at radius 2 is 1.60 bits per heavy atom. The molecule has 2 fully saturated rings. The van der Waals surface area contributed by atoms with Crippen LogP contribution >= 0.6 is 11.3 Å². The van der Waals surface area contributed by atoms with Crippen LogP contribution in [0.15, 0.2) is 83.2 Å². The number of alkyl halides is 3. The van der Waals surface area contributed by atoms with E-state index in [4.69, 9.17) is 0 Å². The number of thiazole rings is 1. The number of likely N-dealkylation sites (tertiary alicyclic amines) is 1. The predicted molar refractivity (Wildman–Crippen MR) is 266 cm³/mol. The van der Waals surface area contributed by atoms with Gasteiger partial charge in [-0.2, -0.15) is 13.2 Å².